The van der Waals surface area contributed by atoms with Gasteiger partial charge in [-0.3, -0.25) is 15.1 Å². The van der Waals surface area contributed by atoms with Crippen LogP contribution in [0.4, 0.5) is 10.5 Å². The molecule has 3 rings (SSSR count). The Balaban J connectivity index is 0.00000280. The largest absolute Gasteiger partial charge is 0.469 e. The van der Waals surface area contributed by atoms with Gasteiger partial charge in [-0.1, -0.05) is 0 Å². The highest BCUT2D eigenvalue weighted by atomic mass is 35.5. The third-order valence-electron chi connectivity index (χ3n) is 5.39. The summed E-state index contributed by atoms with van der Waals surface area (Å²) in [5, 5.41) is 7.46. The van der Waals surface area contributed by atoms with Crippen molar-refractivity contribution in [1.82, 2.24) is 9.80 Å². The maximum absolute atomic E-state index is 12.9. The van der Waals surface area contributed by atoms with Crippen molar-refractivity contribution < 1.29 is 14.3 Å². The standard InChI is InChI=1S/C19H27N5O3.ClH/c1-27-17(25)8-11-22-9-6-16(7-10-22)24-13-12-23(19(24)26)15-4-2-14(3-5-15)18(20)21;/h2-5,16H,6-13H2,1H3,(H3,20,21);1H. The molecular formula is C19H28ClN5O3. The molecule has 0 atom stereocenters. The first-order valence-electron chi connectivity index (χ1n) is 9.31. The molecule has 0 unspecified atom stereocenters. The lowest BCUT2D eigenvalue weighted by atomic mass is 10.0. The minimum Gasteiger partial charge on any atom is -0.469 e. The van der Waals surface area contributed by atoms with E-state index in [1.54, 1.807) is 17.0 Å². The highest BCUT2D eigenvalue weighted by Gasteiger charge is 2.35. The molecular weight excluding hydrogens is 382 g/mol. The van der Waals surface area contributed by atoms with Crippen LogP contribution < -0.4 is 10.6 Å². The first kappa shape index (κ1) is 22.0. The van der Waals surface area contributed by atoms with Crippen LogP contribution in [-0.4, -0.2) is 73.5 Å². The lowest BCUT2D eigenvalue weighted by molar-refractivity contribution is -0.141. The number of nitrogens with two attached hydrogens (primary N) is 1. The molecule has 154 valence electrons. The summed E-state index contributed by atoms with van der Waals surface area (Å²) < 4.78 is 4.69. The van der Waals surface area contributed by atoms with Gasteiger partial charge in [-0.25, -0.2) is 4.79 Å². The van der Waals surface area contributed by atoms with Crippen molar-refractivity contribution in [2.75, 3.05) is 44.7 Å². The fourth-order valence-electron chi connectivity index (χ4n) is 3.76. The Morgan fingerprint density at radius 3 is 2.39 bits per heavy atom. The number of nitrogens with zero attached hydrogens (tertiary/aromatic N) is 3. The molecule has 2 aliphatic heterocycles. The summed E-state index contributed by atoms with van der Waals surface area (Å²) in [5.74, 6) is -0.159. The van der Waals surface area contributed by atoms with Crippen LogP contribution in [-0.2, 0) is 9.53 Å². The monoisotopic (exact) mass is 409 g/mol. The molecule has 2 heterocycles. The van der Waals surface area contributed by atoms with Crippen LogP contribution in [0.3, 0.4) is 0 Å². The van der Waals surface area contributed by atoms with Crippen molar-refractivity contribution in [2.24, 2.45) is 5.73 Å². The fourth-order valence-corrected chi connectivity index (χ4v) is 3.76. The van der Waals surface area contributed by atoms with E-state index in [4.69, 9.17) is 11.1 Å². The topological polar surface area (TPSA) is 103 Å². The van der Waals surface area contributed by atoms with Gasteiger partial charge in [0.25, 0.3) is 0 Å². The van der Waals surface area contributed by atoms with Crippen molar-refractivity contribution in [3.05, 3.63) is 29.8 Å². The summed E-state index contributed by atoms with van der Waals surface area (Å²) in [7, 11) is 1.41. The van der Waals surface area contributed by atoms with Gasteiger partial charge in [0.15, 0.2) is 0 Å². The molecule has 0 aromatic heterocycles. The Labute approximate surface area is 171 Å². The molecule has 0 bridgehead atoms. The number of nitrogen functional groups attached to an aromatic ring is 1. The van der Waals surface area contributed by atoms with Crippen molar-refractivity contribution >= 4 is 35.9 Å². The normalized spacial score (nSPS) is 18.1. The first-order chi connectivity index (χ1) is 13.0. The number of ether oxygens (including phenoxy) is 1. The number of anilines is 1. The Kier molecular flexibility index (Phi) is 7.65. The fraction of sp³-hybridized carbons (Fsp3) is 0.526. The third kappa shape index (κ3) is 4.94. The number of hydrogen-bond donors (Lipinski definition) is 2. The summed E-state index contributed by atoms with van der Waals surface area (Å²) in [6.07, 6.45) is 2.25. The second-order valence-corrected chi connectivity index (χ2v) is 6.99. The summed E-state index contributed by atoms with van der Waals surface area (Å²) in [4.78, 5) is 30.2. The minimum atomic E-state index is -0.182. The highest BCUT2D eigenvalue weighted by Crippen LogP contribution is 2.26. The molecule has 1 aromatic carbocycles. The average Bonchev–Trinajstić information content (AvgIpc) is 3.08. The summed E-state index contributed by atoms with van der Waals surface area (Å²) in [5.41, 5.74) is 6.98. The van der Waals surface area contributed by atoms with Crippen LogP contribution in [0.1, 0.15) is 24.8 Å². The van der Waals surface area contributed by atoms with Crippen LogP contribution in [0.5, 0.6) is 0 Å². The Morgan fingerprint density at radius 2 is 1.82 bits per heavy atom. The molecule has 0 radical (unpaired) electrons. The van der Waals surface area contributed by atoms with Gasteiger partial charge in [0.2, 0.25) is 0 Å². The zero-order chi connectivity index (χ0) is 19.4. The number of amides is 2. The molecule has 1 aromatic rings. The zero-order valence-corrected chi connectivity index (χ0v) is 16.9. The molecule has 3 N–H and O–H groups in total. The molecule has 28 heavy (non-hydrogen) atoms. The number of methoxy groups -OCH3 is 1. The maximum Gasteiger partial charge on any atom is 0.324 e. The van der Waals surface area contributed by atoms with Crippen molar-refractivity contribution in [3.63, 3.8) is 0 Å². The first-order valence-corrected chi connectivity index (χ1v) is 9.31. The van der Waals surface area contributed by atoms with E-state index in [2.05, 4.69) is 9.64 Å². The lowest BCUT2D eigenvalue weighted by Crippen LogP contribution is -2.47. The van der Waals surface area contributed by atoms with Crippen molar-refractivity contribution in [3.8, 4) is 0 Å². The molecule has 8 nitrogen and oxygen atoms in total. The van der Waals surface area contributed by atoms with E-state index in [0.717, 1.165) is 38.2 Å². The number of halogens is 1. The zero-order valence-electron chi connectivity index (χ0n) is 16.1. The van der Waals surface area contributed by atoms with Gasteiger partial charge in [-0.15, -0.1) is 12.4 Å². The molecule has 0 aliphatic carbocycles. The molecule has 2 saturated heterocycles. The number of nitrogens with one attached hydrogen (secondary N) is 1. The smallest absolute Gasteiger partial charge is 0.324 e. The van der Waals surface area contributed by atoms with E-state index in [0.29, 0.717) is 25.1 Å². The number of amidine groups is 1. The quantitative estimate of drug-likeness (QED) is 0.422. The van der Waals surface area contributed by atoms with Crippen LogP contribution >= 0.6 is 12.4 Å². The van der Waals surface area contributed by atoms with E-state index in [1.165, 1.54) is 7.11 Å². The van der Waals surface area contributed by atoms with Gasteiger partial charge >= 0.3 is 12.0 Å². The van der Waals surface area contributed by atoms with Gasteiger partial charge in [-0.2, -0.15) is 0 Å². The summed E-state index contributed by atoms with van der Waals surface area (Å²) in [6, 6.07) is 7.51. The maximum atomic E-state index is 12.9. The van der Waals surface area contributed by atoms with Crippen molar-refractivity contribution in [2.45, 2.75) is 25.3 Å². The molecule has 0 saturated carbocycles. The number of urea groups is 1. The SMILES string of the molecule is COC(=O)CCN1CCC(N2CCN(c3ccc(C(=N)N)cc3)C2=O)CC1.Cl. The number of rotatable bonds is 6. The van der Waals surface area contributed by atoms with Gasteiger partial charge in [-0.05, 0) is 37.1 Å². The summed E-state index contributed by atoms with van der Waals surface area (Å²) >= 11 is 0. The van der Waals surface area contributed by atoms with Gasteiger partial charge in [0.05, 0.1) is 13.5 Å². The molecule has 2 fully saturated rings. The van der Waals surface area contributed by atoms with Crippen LogP contribution in [0.25, 0.3) is 0 Å². The van der Waals surface area contributed by atoms with E-state index in [9.17, 15) is 9.59 Å². The number of likely N-dealkylation sites (tertiary alicyclic amines) is 1. The molecule has 0 spiro atoms. The minimum absolute atomic E-state index is 0. The Morgan fingerprint density at radius 1 is 1.18 bits per heavy atom. The van der Waals surface area contributed by atoms with Crippen LogP contribution in [0.15, 0.2) is 24.3 Å². The van der Waals surface area contributed by atoms with Crippen molar-refractivity contribution in [1.29, 1.82) is 5.41 Å². The molecule has 2 amide bonds. The Bertz CT molecular complexity index is 704. The summed E-state index contributed by atoms with van der Waals surface area (Å²) in [6.45, 7) is 3.88. The number of carbonyl (C=O) groups is 2. The van der Waals surface area contributed by atoms with E-state index in [1.807, 2.05) is 17.0 Å². The number of esters is 1. The van der Waals surface area contributed by atoms with E-state index >= 15 is 0 Å². The van der Waals surface area contributed by atoms with Gasteiger partial charge < -0.3 is 20.3 Å². The molecule has 2 aliphatic rings. The van der Waals surface area contributed by atoms with Crippen LogP contribution in [0, 0.1) is 5.41 Å². The predicted octanol–water partition coefficient (Wildman–Crippen LogP) is 1.66. The second-order valence-electron chi connectivity index (χ2n) is 6.99. The third-order valence-corrected chi connectivity index (χ3v) is 5.39. The molecule has 9 heteroatoms. The average molecular weight is 410 g/mol. The Hall–Kier alpha value is -2.32. The number of carbonyl (C=O) groups excluding carboxylic acids is 2. The highest BCUT2D eigenvalue weighted by molar-refractivity contribution is 5.97. The van der Waals surface area contributed by atoms with E-state index < -0.39 is 0 Å². The number of benzene rings is 1. The number of hydrogen-bond acceptors (Lipinski definition) is 5. The van der Waals surface area contributed by atoms with E-state index in [-0.39, 0.29) is 36.3 Å². The lowest BCUT2D eigenvalue weighted by Gasteiger charge is -2.36. The van der Waals surface area contributed by atoms with Gasteiger partial charge in [0.1, 0.15) is 5.84 Å². The predicted molar refractivity (Wildman–Crippen MR) is 110 cm³/mol. The second kappa shape index (κ2) is 9.75. The van der Waals surface area contributed by atoms with Crippen LogP contribution in [0.2, 0.25) is 0 Å². The number of piperidine rings is 1. The van der Waals surface area contributed by atoms with Gasteiger partial charge in [0, 0.05) is 50.0 Å².